The summed E-state index contributed by atoms with van der Waals surface area (Å²) in [5.74, 6) is -1.16. The number of para-hydroxylation sites is 1. The molecule has 1 saturated carbocycles. The summed E-state index contributed by atoms with van der Waals surface area (Å²) < 4.78 is 1.76. The molecule has 0 saturated heterocycles. The number of rotatable bonds is 6. The van der Waals surface area contributed by atoms with E-state index in [4.69, 9.17) is 0 Å². The first kappa shape index (κ1) is 15.3. The number of hydrogen-bond acceptors (Lipinski definition) is 3. The van der Waals surface area contributed by atoms with Gasteiger partial charge >= 0.3 is 5.97 Å². The zero-order valence-electron chi connectivity index (χ0n) is 12.7. The molecule has 1 heterocycles. The molecule has 0 unspecified atom stereocenters. The predicted molar refractivity (Wildman–Crippen MR) is 84.2 cm³/mol. The van der Waals surface area contributed by atoms with E-state index in [1.54, 1.807) is 10.9 Å². The first-order valence-corrected chi connectivity index (χ1v) is 7.72. The molecule has 1 aromatic heterocycles. The Kier molecular flexibility index (Phi) is 4.14. The van der Waals surface area contributed by atoms with Crippen LogP contribution in [0.5, 0.6) is 0 Å². The number of carboxylic acid groups (broad SMARTS) is 1. The summed E-state index contributed by atoms with van der Waals surface area (Å²) in [6.45, 7) is 0. The van der Waals surface area contributed by atoms with Crippen molar-refractivity contribution in [1.82, 2.24) is 15.1 Å². The van der Waals surface area contributed by atoms with E-state index in [1.807, 2.05) is 36.5 Å². The molecule has 0 radical (unpaired) electrons. The summed E-state index contributed by atoms with van der Waals surface area (Å²) in [5, 5.41) is 16.2. The smallest absolute Gasteiger partial charge is 0.329 e. The van der Waals surface area contributed by atoms with Gasteiger partial charge in [-0.3, -0.25) is 4.79 Å². The number of aryl methyl sites for hydroxylation is 1. The average molecular weight is 313 g/mol. The molecule has 3 rings (SSSR count). The van der Waals surface area contributed by atoms with Crippen LogP contribution in [-0.4, -0.2) is 32.3 Å². The molecule has 2 aromatic rings. The van der Waals surface area contributed by atoms with Gasteiger partial charge in [0.1, 0.15) is 5.54 Å². The van der Waals surface area contributed by atoms with Crippen LogP contribution in [0.1, 0.15) is 31.2 Å². The first-order valence-electron chi connectivity index (χ1n) is 7.72. The summed E-state index contributed by atoms with van der Waals surface area (Å²) in [7, 11) is 0. The Bertz CT molecular complexity index is 705. The molecule has 6 heteroatoms. The Labute approximate surface area is 134 Å². The molecule has 120 valence electrons. The predicted octanol–water partition coefficient (Wildman–Crippen LogP) is 1.93. The van der Waals surface area contributed by atoms with Gasteiger partial charge in [-0.15, -0.1) is 0 Å². The average Bonchev–Trinajstić information content (AvgIpc) is 2.98. The molecule has 1 aromatic carbocycles. The highest BCUT2D eigenvalue weighted by Crippen LogP contribution is 2.32. The van der Waals surface area contributed by atoms with Gasteiger partial charge in [-0.1, -0.05) is 18.2 Å². The highest BCUT2D eigenvalue weighted by Gasteiger charge is 2.45. The molecule has 0 spiro atoms. The number of carboxylic acids is 1. The zero-order chi connectivity index (χ0) is 16.3. The number of nitrogens with zero attached hydrogens (tertiary/aromatic N) is 2. The third-order valence-corrected chi connectivity index (χ3v) is 4.29. The fourth-order valence-corrected chi connectivity index (χ4v) is 2.72. The van der Waals surface area contributed by atoms with E-state index >= 15 is 0 Å². The lowest BCUT2D eigenvalue weighted by atomic mass is 9.76. The normalized spacial score (nSPS) is 15.7. The molecule has 23 heavy (non-hydrogen) atoms. The molecule has 0 aliphatic heterocycles. The van der Waals surface area contributed by atoms with Gasteiger partial charge in [0.05, 0.1) is 11.9 Å². The third-order valence-electron chi connectivity index (χ3n) is 4.29. The Morgan fingerprint density at radius 1 is 1.26 bits per heavy atom. The minimum atomic E-state index is -1.04. The number of benzene rings is 1. The van der Waals surface area contributed by atoms with Crippen LogP contribution in [-0.2, 0) is 16.0 Å². The van der Waals surface area contributed by atoms with Crippen LogP contribution < -0.4 is 5.32 Å². The lowest BCUT2D eigenvalue weighted by molar-refractivity contribution is -0.151. The highest BCUT2D eigenvalue weighted by atomic mass is 16.4. The minimum Gasteiger partial charge on any atom is -0.480 e. The number of aromatic nitrogens is 2. The number of nitrogens with one attached hydrogen (secondary N) is 1. The van der Waals surface area contributed by atoms with E-state index in [9.17, 15) is 14.7 Å². The fraction of sp³-hybridized carbons (Fsp3) is 0.353. The van der Waals surface area contributed by atoms with Crippen LogP contribution in [0.4, 0.5) is 0 Å². The molecule has 6 nitrogen and oxygen atoms in total. The molecule has 0 atom stereocenters. The number of carbonyl (C=O) groups excluding carboxylic acids is 1. The lowest BCUT2D eigenvalue weighted by Crippen LogP contribution is -2.59. The van der Waals surface area contributed by atoms with E-state index in [0.29, 0.717) is 19.3 Å². The van der Waals surface area contributed by atoms with Gasteiger partial charge in [-0.25, -0.2) is 9.48 Å². The van der Waals surface area contributed by atoms with Crippen LogP contribution in [0.3, 0.4) is 0 Å². The maximum absolute atomic E-state index is 12.0. The van der Waals surface area contributed by atoms with Crippen molar-refractivity contribution in [1.29, 1.82) is 0 Å². The molecule has 1 aliphatic rings. The van der Waals surface area contributed by atoms with Gasteiger partial charge in [0.25, 0.3) is 0 Å². The number of hydrogen-bond donors (Lipinski definition) is 2. The zero-order valence-corrected chi connectivity index (χ0v) is 12.7. The molecular formula is C17H19N3O3. The number of carbonyl (C=O) groups is 2. The largest absolute Gasteiger partial charge is 0.480 e. The summed E-state index contributed by atoms with van der Waals surface area (Å²) >= 11 is 0. The van der Waals surface area contributed by atoms with Crippen molar-refractivity contribution >= 4 is 11.9 Å². The van der Waals surface area contributed by atoms with Crippen LogP contribution >= 0.6 is 0 Å². The summed E-state index contributed by atoms with van der Waals surface area (Å²) in [4.78, 5) is 23.2. The van der Waals surface area contributed by atoms with Crippen LogP contribution in [0.2, 0.25) is 0 Å². The van der Waals surface area contributed by atoms with Crippen LogP contribution in [0.15, 0.2) is 42.7 Å². The molecule has 1 aliphatic carbocycles. The Morgan fingerprint density at radius 3 is 2.61 bits per heavy atom. The van der Waals surface area contributed by atoms with Crippen LogP contribution in [0.25, 0.3) is 5.69 Å². The van der Waals surface area contributed by atoms with Gasteiger partial charge in [-0.05, 0) is 43.4 Å². The molecule has 1 fully saturated rings. The van der Waals surface area contributed by atoms with Crippen molar-refractivity contribution in [2.75, 3.05) is 0 Å². The second-order valence-corrected chi connectivity index (χ2v) is 5.92. The van der Waals surface area contributed by atoms with Gasteiger partial charge in [-0.2, -0.15) is 5.10 Å². The summed E-state index contributed by atoms with van der Waals surface area (Å²) in [6.07, 6.45) is 6.29. The Balaban J connectivity index is 1.56. The van der Waals surface area contributed by atoms with Crippen molar-refractivity contribution < 1.29 is 14.7 Å². The third kappa shape index (κ3) is 3.26. The van der Waals surface area contributed by atoms with Gasteiger partial charge in [0.2, 0.25) is 5.91 Å². The van der Waals surface area contributed by atoms with Gasteiger partial charge in [0, 0.05) is 12.6 Å². The van der Waals surface area contributed by atoms with E-state index in [1.165, 1.54) is 0 Å². The standard InChI is InChI=1S/C17H19N3O3/c21-15(19-17(16(22)23)9-4-10-17)8-7-13-11-18-20(12-13)14-5-2-1-3-6-14/h1-3,5-6,11-12H,4,7-10H2,(H,19,21)(H,22,23). The molecule has 0 bridgehead atoms. The fourth-order valence-electron chi connectivity index (χ4n) is 2.72. The highest BCUT2D eigenvalue weighted by molar-refractivity contribution is 5.87. The first-order chi connectivity index (χ1) is 11.1. The van der Waals surface area contributed by atoms with Crippen molar-refractivity contribution in [2.24, 2.45) is 0 Å². The summed E-state index contributed by atoms with van der Waals surface area (Å²) in [5.41, 5.74) is 0.871. The Morgan fingerprint density at radius 2 is 2.00 bits per heavy atom. The summed E-state index contributed by atoms with van der Waals surface area (Å²) in [6, 6.07) is 9.73. The SMILES string of the molecule is O=C(CCc1cnn(-c2ccccc2)c1)NC1(C(=O)O)CCC1. The second kappa shape index (κ2) is 6.24. The van der Waals surface area contributed by atoms with Crippen LogP contribution in [0, 0.1) is 0 Å². The number of aliphatic carboxylic acids is 1. The Hall–Kier alpha value is -2.63. The van der Waals surface area contributed by atoms with E-state index in [0.717, 1.165) is 17.7 Å². The van der Waals surface area contributed by atoms with E-state index < -0.39 is 11.5 Å². The van der Waals surface area contributed by atoms with E-state index in [2.05, 4.69) is 10.4 Å². The van der Waals surface area contributed by atoms with E-state index in [-0.39, 0.29) is 12.3 Å². The lowest BCUT2D eigenvalue weighted by Gasteiger charge is -2.38. The number of amides is 1. The monoisotopic (exact) mass is 313 g/mol. The van der Waals surface area contributed by atoms with Crippen molar-refractivity contribution in [2.45, 2.75) is 37.6 Å². The molecule has 1 amide bonds. The quantitative estimate of drug-likeness (QED) is 0.853. The molecule has 2 N–H and O–H groups in total. The van der Waals surface area contributed by atoms with Gasteiger partial charge < -0.3 is 10.4 Å². The maximum Gasteiger partial charge on any atom is 0.329 e. The molecular weight excluding hydrogens is 294 g/mol. The second-order valence-electron chi connectivity index (χ2n) is 5.92. The maximum atomic E-state index is 12.0. The van der Waals surface area contributed by atoms with Crippen molar-refractivity contribution in [3.63, 3.8) is 0 Å². The van der Waals surface area contributed by atoms with Gasteiger partial charge in [0.15, 0.2) is 0 Å². The van der Waals surface area contributed by atoms with Crippen molar-refractivity contribution in [3.8, 4) is 5.69 Å². The van der Waals surface area contributed by atoms with Crippen molar-refractivity contribution in [3.05, 3.63) is 48.3 Å². The topological polar surface area (TPSA) is 84.2 Å². The minimum absolute atomic E-state index is 0.223.